The van der Waals surface area contributed by atoms with Crippen LogP contribution in [-0.2, 0) is 32.8 Å². The fourth-order valence-corrected chi connectivity index (χ4v) is 7.51. The SMILES string of the molecule is C[C@@H]1OC[C@]2(Cc3nc(OC[C@@]45CCCN4C[C@H](F)C5)nc(N4CCCOCC4)c3CO2)c2c1ccc(N)c2C#N. The molecule has 5 aliphatic heterocycles. The maximum absolute atomic E-state index is 14.4. The van der Waals surface area contributed by atoms with Crippen molar-refractivity contribution in [3.05, 3.63) is 40.1 Å². The van der Waals surface area contributed by atoms with Crippen molar-refractivity contribution in [1.29, 1.82) is 5.26 Å². The van der Waals surface area contributed by atoms with Gasteiger partial charge < -0.3 is 29.6 Å². The van der Waals surface area contributed by atoms with Gasteiger partial charge in [0.2, 0.25) is 0 Å². The molecule has 1 aromatic carbocycles. The lowest BCUT2D eigenvalue weighted by atomic mass is 9.78. The number of nitrogens with zero attached hydrogens (tertiary/aromatic N) is 5. The van der Waals surface area contributed by atoms with E-state index in [1.807, 2.05) is 13.0 Å². The van der Waals surface area contributed by atoms with E-state index in [0.29, 0.717) is 63.0 Å². The molecule has 6 heterocycles. The lowest BCUT2D eigenvalue weighted by Gasteiger charge is -2.44. The van der Waals surface area contributed by atoms with Crippen molar-refractivity contribution in [2.45, 2.75) is 69.1 Å². The van der Waals surface area contributed by atoms with Crippen LogP contribution in [0.3, 0.4) is 0 Å². The molecule has 4 atom stereocenters. The van der Waals surface area contributed by atoms with Crippen LogP contribution in [0.2, 0.25) is 0 Å². The largest absolute Gasteiger partial charge is 0.461 e. The number of fused-ring (bicyclic) bond motifs is 4. The first-order valence-electron chi connectivity index (χ1n) is 14.7. The van der Waals surface area contributed by atoms with Crippen LogP contribution in [0, 0.1) is 11.3 Å². The van der Waals surface area contributed by atoms with Gasteiger partial charge in [-0.1, -0.05) is 6.07 Å². The molecule has 3 saturated heterocycles. The number of anilines is 2. The fraction of sp³-hybridized carbons (Fsp3) is 0.633. The minimum Gasteiger partial charge on any atom is -0.461 e. The monoisotopic (exact) mass is 564 g/mol. The molecule has 41 heavy (non-hydrogen) atoms. The fourth-order valence-electron chi connectivity index (χ4n) is 7.51. The van der Waals surface area contributed by atoms with Crippen LogP contribution in [-0.4, -0.2) is 79.2 Å². The highest BCUT2D eigenvalue weighted by molar-refractivity contribution is 5.64. The van der Waals surface area contributed by atoms with Gasteiger partial charge in [-0.25, -0.2) is 4.39 Å². The number of hydrogen-bond donors (Lipinski definition) is 1. The van der Waals surface area contributed by atoms with E-state index >= 15 is 0 Å². The third-order valence-electron chi connectivity index (χ3n) is 9.59. The number of alkyl halides is 1. The predicted molar refractivity (Wildman–Crippen MR) is 148 cm³/mol. The molecule has 7 rings (SSSR count). The summed E-state index contributed by atoms with van der Waals surface area (Å²) in [6.07, 6.45) is 2.70. The molecule has 10 nitrogen and oxygen atoms in total. The minimum atomic E-state index is -0.909. The van der Waals surface area contributed by atoms with Crippen molar-refractivity contribution in [2.24, 2.45) is 0 Å². The van der Waals surface area contributed by atoms with Crippen LogP contribution in [0.5, 0.6) is 6.01 Å². The quantitative estimate of drug-likeness (QED) is 0.555. The van der Waals surface area contributed by atoms with Crippen LogP contribution in [0.25, 0.3) is 0 Å². The Morgan fingerprint density at radius 3 is 3.00 bits per heavy atom. The second-order valence-corrected chi connectivity index (χ2v) is 12.1. The Kier molecular flexibility index (Phi) is 6.77. The Morgan fingerprint density at radius 2 is 2.12 bits per heavy atom. The van der Waals surface area contributed by atoms with Crippen LogP contribution in [0.4, 0.5) is 15.9 Å². The Labute approximate surface area is 239 Å². The first kappa shape index (κ1) is 26.8. The second kappa shape index (κ2) is 10.3. The van der Waals surface area contributed by atoms with E-state index in [1.165, 1.54) is 0 Å². The lowest BCUT2D eigenvalue weighted by molar-refractivity contribution is -0.148. The molecular formula is C30H37FN6O4. The average Bonchev–Trinajstić information content (AvgIpc) is 3.35. The summed E-state index contributed by atoms with van der Waals surface area (Å²) in [5.74, 6) is 0.791. The number of hydrogen-bond acceptors (Lipinski definition) is 10. The maximum atomic E-state index is 14.4. The van der Waals surface area contributed by atoms with Crippen LogP contribution >= 0.6 is 0 Å². The smallest absolute Gasteiger partial charge is 0.318 e. The van der Waals surface area contributed by atoms with E-state index in [0.717, 1.165) is 60.6 Å². The number of aromatic nitrogens is 2. The standard InChI is InChI=1S/C30H37FN6O4/c1-19-21-4-5-24(33)22(14-32)26(21)30(18-39-19)13-25-23(16-41-30)27(36-7-3-10-38-11-9-36)35-28(34-25)40-17-29-6-2-8-37(29)15-20(31)12-29/h4-5,19-20H,2-3,6-13,15-18,33H2,1H3/t19-,20+,29-,30+/m0/s1. The molecule has 1 spiro atoms. The van der Waals surface area contributed by atoms with Gasteiger partial charge in [0, 0.05) is 55.9 Å². The molecule has 0 unspecified atom stereocenters. The number of ether oxygens (including phenoxy) is 4. The number of nitrogens with two attached hydrogens (primary N) is 1. The van der Waals surface area contributed by atoms with Gasteiger partial charge >= 0.3 is 6.01 Å². The summed E-state index contributed by atoms with van der Waals surface area (Å²) in [6, 6.07) is 6.31. The van der Waals surface area contributed by atoms with E-state index in [4.69, 9.17) is 34.6 Å². The highest BCUT2D eigenvalue weighted by Crippen LogP contribution is 2.48. The van der Waals surface area contributed by atoms with Crippen molar-refractivity contribution in [1.82, 2.24) is 14.9 Å². The topological polar surface area (TPSA) is 119 Å². The Bertz CT molecular complexity index is 1380. The van der Waals surface area contributed by atoms with Crippen molar-refractivity contribution < 1.29 is 23.3 Å². The molecule has 0 saturated carbocycles. The number of nitriles is 1. The minimum absolute atomic E-state index is 0.190. The molecule has 0 aliphatic carbocycles. The molecule has 0 amide bonds. The van der Waals surface area contributed by atoms with Crippen molar-refractivity contribution in [2.75, 3.05) is 63.2 Å². The highest BCUT2D eigenvalue weighted by Gasteiger charge is 2.50. The number of nitrogen functional groups attached to an aromatic ring is 1. The second-order valence-electron chi connectivity index (χ2n) is 12.1. The van der Waals surface area contributed by atoms with Gasteiger partial charge in [-0.15, -0.1) is 0 Å². The van der Waals surface area contributed by atoms with Crippen LogP contribution < -0.4 is 15.4 Å². The van der Waals surface area contributed by atoms with Crippen molar-refractivity contribution >= 4 is 11.5 Å². The Morgan fingerprint density at radius 1 is 1.22 bits per heavy atom. The molecule has 5 aliphatic rings. The highest BCUT2D eigenvalue weighted by atomic mass is 19.1. The summed E-state index contributed by atoms with van der Waals surface area (Å²) in [6.45, 7) is 7.06. The summed E-state index contributed by atoms with van der Waals surface area (Å²) >= 11 is 0. The van der Waals surface area contributed by atoms with Gasteiger partial charge in [0.25, 0.3) is 0 Å². The Hall–Kier alpha value is -3.04. The summed E-state index contributed by atoms with van der Waals surface area (Å²) in [7, 11) is 0. The summed E-state index contributed by atoms with van der Waals surface area (Å²) in [5.41, 5.74) is 9.35. The van der Waals surface area contributed by atoms with Gasteiger partial charge in [0.15, 0.2) is 0 Å². The van der Waals surface area contributed by atoms with Crippen LogP contribution in [0.1, 0.15) is 66.7 Å². The van der Waals surface area contributed by atoms with Gasteiger partial charge in [-0.05, 0) is 44.4 Å². The zero-order valence-corrected chi connectivity index (χ0v) is 23.5. The van der Waals surface area contributed by atoms with E-state index in [1.54, 1.807) is 6.07 Å². The van der Waals surface area contributed by atoms with Gasteiger partial charge in [-0.3, -0.25) is 4.90 Å². The molecule has 0 bridgehead atoms. The van der Waals surface area contributed by atoms with Gasteiger partial charge in [0.1, 0.15) is 30.3 Å². The zero-order chi connectivity index (χ0) is 28.2. The maximum Gasteiger partial charge on any atom is 0.318 e. The molecule has 218 valence electrons. The molecule has 2 aromatic rings. The third-order valence-corrected chi connectivity index (χ3v) is 9.59. The first-order chi connectivity index (χ1) is 19.9. The normalized spacial score (nSPS) is 31.3. The molecule has 1 aromatic heterocycles. The number of halogens is 1. The predicted octanol–water partition coefficient (Wildman–Crippen LogP) is 3.17. The molecule has 2 N–H and O–H groups in total. The molecular weight excluding hydrogens is 527 g/mol. The van der Waals surface area contributed by atoms with Crippen molar-refractivity contribution in [3.8, 4) is 12.1 Å². The lowest BCUT2D eigenvalue weighted by Crippen LogP contribution is -2.46. The summed E-state index contributed by atoms with van der Waals surface area (Å²) < 4.78 is 39.4. The molecule has 11 heteroatoms. The first-order valence-corrected chi connectivity index (χ1v) is 14.7. The van der Waals surface area contributed by atoms with Crippen molar-refractivity contribution in [3.63, 3.8) is 0 Å². The third kappa shape index (κ3) is 4.52. The number of rotatable bonds is 4. The summed E-state index contributed by atoms with van der Waals surface area (Å²) in [4.78, 5) is 14.3. The molecule has 3 fully saturated rings. The van der Waals surface area contributed by atoms with Gasteiger partial charge in [-0.2, -0.15) is 15.2 Å². The van der Waals surface area contributed by atoms with E-state index in [2.05, 4.69) is 15.9 Å². The molecule has 0 radical (unpaired) electrons. The van der Waals surface area contributed by atoms with Crippen LogP contribution in [0.15, 0.2) is 12.1 Å². The number of benzene rings is 1. The van der Waals surface area contributed by atoms with E-state index in [9.17, 15) is 9.65 Å². The zero-order valence-electron chi connectivity index (χ0n) is 23.5. The van der Waals surface area contributed by atoms with Gasteiger partial charge in [0.05, 0.1) is 42.7 Å². The average molecular weight is 565 g/mol. The van der Waals surface area contributed by atoms with E-state index < -0.39 is 11.8 Å². The Balaban J connectivity index is 1.28. The van der Waals surface area contributed by atoms with E-state index in [-0.39, 0.29) is 24.9 Å². The summed E-state index contributed by atoms with van der Waals surface area (Å²) in [5, 5.41) is 10.1.